The van der Waals surface area contributed by atoms with Crippen LogP contribution in [0.5, 0.6) is 0 Å². The molecule has 3 heterocycles. The normalized spacial score (nSPS) is 17.4. The Morgan fingerprint density at radius 1 is 1.03 bits per heavy atom. The highest BCUT2D eigenvalue weighted by Gasteiger charge is 2.39. The van der Waals surface area contributed by atoms with Crippen molar-refractivity contribution in [1.82, 2.24) is 20.1 Å². The van der Waals surface area contributed by atoms with Crippen molar-refractivity contribution in [2.75, 3.05) is 18.4 Å². The van der Waals surface area contributed by atoms with E-state index in [1.54, 1.807) is 6.20 Å². The minimum absolute atomic E-state index is 0.0301. The fraction of sp³-hybridized carbons (Fsp3) is 0.179. The van der Waals surface area contributed by atoms with E-state index in [1.165, 1.54) is 4.90 Å². The van der Waals surface area contributed by atoms with Gasteiger partial charge >= 0.3 is 6.09 Å². The molecule has 2 unspecified atom stereocenters. The fourth-order valence-electron chi connectivity index (χ4n) is 4.88. The summed E-state index contributed by atoms with van der Waals surface area (Å²) in [7, 11) is 0. The minimum Gasteiger partial charge on any atom is -0.445 e. The zero-order valence-corrected chi connectivity index (χ0v) is 19.8. The average Bonchev–Trinajstić information content (AvgIpc) is 3.67. The summed E-state index contributed by atoms with van der Waals surface area (Å²) in [6.07, 6.45) is 1.99. The van der Waals surface area contributed by atoms with Gasteiger partial charge in [-0.2, -0.15) is 5.10 Å². The Balaban J connectivity index is 1.20. The number of aliphatic hydroxyl groups excluding tert-OH is 1. The third kappa shape index (κ3) is 4.41. The van der Waals surface area contributed by atoms with E-state index in [9.17, 15) is 14.7 Å². The number of likely N-dealkylation sites (tertiary alicyclic amines) is 1. The van der Waals surface area contributed by atoms with Crippen molar-refractivity contribution in [2.24, 2.45) is 5.92 Å². The lowest BCUT2D eigenvalue weighted by molar-refractivity contribution is -0.121. The van der Waals surface area contributed by atoms with Crippen molar-refractivity contribution < 1.29 is 19.4 Å². The predicted molar refractivity (Wildman–Crippen MR) is 140 cm³/mol. The second-order valence-electron chi connectivity index (χ2n) is 9.21. The molecular weight excluding hydrogens is 470 g/mol. The summed E-state index contributed by atoms with van der Waals surface area (Å²) in [6.45, 7) is 0.224. The Labute approximate surface area is 212 Å². The highest BCUT2D eigenvalue weighted by Crippen LogP contribution is 2.34. The molecule has 1 aliphatic rings. The molecule has 6 rings (SSSR count). The van der Waals surface area contributed by atoms with Gasteiger partial charge in [0.05, 0.1) is 36.0 Å². The molecule has 0 radical (unpaired) electrons. The van der Waals surface area contributed by atoms with Gasteiger partial charge in [-0.3, -0.25) is 9.89 Å². The second-order valence-corrected chi connectivity index (χ2v) is 9.21. The van der Waals surface area contributed by atoms with Crippen LogP contribution < -0.4 is 5.32 Å². The number of aromatic nitrogens is 3. The number of benzene rings is 3. The minimum atomic E-state index is -0.999. The van der Waals surface area contributed by atoms with Crippen molar-refractivity contribution in [3.8, 4) is 11.1 Å². The third-order valence-electron chi connectivity index (χ3n) is 6.81. The van der Waals surface area contributed by atoms with Crippen LogP contribution in [0, 0.1) is 5.92 Å². The van der Waals surface area contributed by atoms with Crippen molar-refractivity contribution in [1.29, 1.82) is 0 Å². The summed E-state index contributed by atoms with van der Waals surface area (Å²) in [6, 6.07) is 21.3. The van der Waals surface area contributed by atoms with E-state index in [-0.39, 0.29) is 25.6 Å². The van der Waals surface area contributed by atoms with Crippen LogP contribution in [-0.4, -0.2) is 56.4 Å². The van der Waals surface area contributed by atoms with Gasteiger partial charge in [-0.1, -0.05) is 42.5 Å². The summed E-state index contributed by atoms with van der Waals surface area (Å²) in [4.78, 5) is 30.4. The zero-order valence-electron chi connectivity index (χ0n) is 19.8. The number of hydrogen-bond acceptors (Lipinski definition) is 5. The van der Waals surface area contributed by atoms with Crippen LogP contribution in [0.25, 0.3) is 32.9 Å². The standard InChI is InChI=1S/C28H25N5O4/c34-26-15-33(28(36)37-16-17-5-2-1-3-6-17)14-22(26)27(35)31-24-11-18(12-25-21(24)13-30-32-25)19-7-4-8-23-20(19)9-10-29-23/h1-13,22,26,29,34H,14-16H2,(H,30,32)(H,31,35). The maximum absolute atomic E-state index is 13.3. The molecule has 9 nitrogen and oxygen atoms in total. The first kappa shape index (κ1) is 22.8. The number of fused-ring (bicyclic) bond motifs is 2. The highest BCUT2D eigenvalue weighted by molar-refractivity contribution is 6.06. The molecule has 0 aliphatic carbocycles. The number of H-pyrrole nitrogens is 2. The van der Waals surface area contributed by atoms with E-state index in [4.69, 9.17) is 4.74 Å². The molecule has 0 saturated carbocycles. The largest absolute Gasteiger partial charge is 0.445 e. The maximum atomic E-state index is 13.3. The first-order valence-electron chi connectivity index (χ1n) is 12.0. The van der Waals surface area contributed by atoms with Gasteiger partial charge in [-0.15, -0.1) is 0 Å². The molecule has 1 saturated heterocycles. The third-order valence-corrected chi connectivity index (χ3v) is 6.81. The van der Waals surface area contributed by atoms with Crippen LogP contribution in [0.4, 0.5) is 10.5 Å². The molecule has 186 valence electrons. The molecule has 37 heavy (non-hydrogen) atoms. The molecule has 0 spiro atoms. The van der Waals surface area contributed by atoms with Crippen molar-refractivity contribution in [3.05, 3.63) is 84.7 Å². The van der Waals surface area contributed by atoms with Crippen LogP contribution in [0.2, 0.25) is 0 Å². The molecule has 2 aromatic heterocycles. The zero-order chi connectivity index (χ0) is 25.4. The van der Waals surface area contributed by atoms with Gasteiger partial charge in [0.1, 0.15) is 6.61 Å². The number of β-amino-alcohol motifs (C(OH)–C–C–N with tert-alkyl or cyclic N) is 1. The number of amides is 2. The molecule has 2 amide bonds. The molecule has 0 bridgehead atoms. The van der Waals surface area contributed by atoms with Gasteiger partial charge < -0.3 is 25.0 Å². The summed E-state index contributed by atoms with van der Waals surface area (Å²) in [5, 5.41) is 22.5. The van der Waals surface area contributed by atoms with E-state index >= 15 is 0 Å². The number of aliphatic hydroxyl groups is 1. The van der Waals surface area contributed by atoms with Crippen LogP contribution >= 0.6 is 0 Å². The van der Waals surface area contributed by atoms with Gasteiger partial charge in [0.2, 0.25) is 5.91 Å². The number of nitrogens with one attached hydrogen (secondary N) is 3. The van der Waals surface area contributed by atoms with Gasteiger partial charge in [0.15, 0.2) is 0 Å². The Morgan fingerprint density at radius 3 is 2.76 bits per heavy atom. The predicted octanol–water partition coefficient (Wildman–Crippen LogP) is 4.28. The number of anilines is 1. The van der Waals surface area contributed by atoms with Crippen LogP contribution in [-0.2, 0) is 16.1 Å². The summed E-state index contributed by atoms with van der Waals surface area (Å²) in [5.41, 5.74) is 5.16. The lowest BCUT2D eigenvalue weighted by Gasteiger charge is -2.16. The summed E-state index contributed by atoms with van der Waals surface area (Å²) < 4.78 is 5.38. The van der Waals surface area contributed by atoms with Crippen molar-refractivity contribution in [3.63, 3.8) is 0 Å². The molecule has 3 aromatic carbocycles. The first-order chi connectivity index (χ1) is 18.1. The number of ether oxygens (including phenoxy) is 1. The molecule has 5 aromatic rings. The molecule has 1 fully saturated rings. The van der Waals surface area contributed by atoms with Crippen LogP contribution in [0.15, 0.2) is 79.1 Å². The Morgan fingerprint density at radius 2 is 1.89 bits per heavy atom. The Hall–Kier alpha value is -4.63. The molecule has 1 aliphatic heterocycles. The van der Waals surface area contributed by atoms with E-state index in [1.807, 2.05) is 72.9 Å². The number of hydrogen-bond donors (Lipinski definition) is 4. The first-order valence-corrected chi connectivity index (χ1v) is 12.0. The van der Waals surface area contributed by atoms with Crippen LogP contribution in [0.1, 0.15) is 5.56 Å². The molecule has 2 atom stereocenters. The summed E-state index contributed by atoms with van der Waals surface area (Å²) >= 11 is 0. The number of carbonyl (C=O) groups excluding carboxylic acids is 2. The topological polar surface area (TPSA) is 123 Å². The van der Waals surface area contributed by atoms with Gasteiger partial charge in [-0.05, 0) is 41.0 Å². The second kappa shape index (κ2) is 9.44. The van der Waals surface area contributed by atoms with Crippen molar-refractivity contribution >= 4 is 39.5 Å². The average molecular weight is 496 g/mol. The number of rotatable bonds is 5. The molecule has 4 N–H and O–H groups in total. The number of nitrogens with zero attached hydrogens (tertiary/aromatic N) is 2. The monoisotopic (exact) mass is 495 g/mol. The molecular formula is C28H25N5O4. The number of aromatic amines is 2. The fourth-order valence-corrected chi connectivity index (χ4v) is 4.88. The SMILES string of the molecule is O=C(Nc1cc(-c2cccc3[nH]ccc23)cc2[nH]ncc12)C1CN(C(=O)OCc2ccccc2)CC1O. The maximum Gasteiger partial charge on any atom is 0.410 e. The lowest BCUT2D eigenvalue weighted by atomic mass is 9.99. The van der Waals surface area contributed by atoms with Crippen molar-refractivity contribution in [2.45, 2.75) is 12.7 Å². The Kier molecular flexibility index (Phi) is 5.82. The lowest BCUT2D eigenvalue weighted by Crippen LogP contribution is -2.32. The van der Waals surface area contributed by atoms with E-state index < -0.39 is 18.1 Å². The number of carbonyl (C=O) groups is 2. The quantitative estimate of drug-likeness (QED) is 0.290. The van der Waals surface area contributed by atoms with Gasteiger partial charge in [0, 0.05) is 29.0 Å². The molecule has 9 heteroatoms. The van der Waals surface area contributed by atoms with Gasteiger partial charge in [0.25, 0.3) is 0 Å². The van der Waals surface area contributed by atoms with Crippen LogP contribution in [0.3, 0.4) is 0 Å². The van der Waals surface area contributed by atoms with E-state index in [0.717, 1.165) is 38.5 Å². The van der Waals surface area contributed by atoms with Gasteiger partial charge in [-0.25, -0.2) is 4.79 Å². The van der Waals surface area contributed by atoms with E-state index in [2.05, 4.69) is 20.5 Å². The Bertz CT molecular complexity index is 1590. The summed E-state index contributed by atoms with van der Waals surface area (Å²) in [5.74, 6) is -1.16. The van der Waals surface area contributed by atoms with E-state index in [0.29, 0.717) is 5.69 Å². The smallest absolute Gasteiger partial charge is 0.410 e. The highest BCUT2D eigenvalue weighted by atomic mass is 16.6.